The summed E-state index contributed by atoms with van der Waals surface area (Å²) in [5.41, 5.74) is 5.19. The zero-order valence-corrected chi connectivity index (χ0v) is 7.85. The molecule has 0 aromatic carbocycles. The van der Waals surface area contributed by atoms with Crippen molar-refractivity contribution >= 4 is 12.0 Å². The minimum absolute atomic E-state index is 0.0324. The van der Waals surface area contributed by atoms with Crippen LogP contribution >= 0.6 is 0 Å². The summed E-state index contributed by atoms with van der Waals surface area (Å²) >= 11 is 0. The summed E-state index contributed by atoms with van der Waals surface area (Å²) in [6, 6.07) is -0.562. The van der Waals surface area contributed by atoms with Crippen LogP contribution in [0.5, 0.6) is 0 Å². The highest BCUT2D eigenvalue weighted by Crippen LogP contribution is 2.40. The van der Waals surface area contributed by atoms with Gasteiger partial charge in [0.15, 0.2) is 0 Å². The van der Waals surface area contributed by atoms with Gasteiger partial charge in [0.1, 0.15) is 6.04 Å². The molecule has 1 aliphatic heterocycles. The van der Waals surface area contributed by atoms with Crippen molar-refractivity contribution in [1.82, 2.24) is 4.90 Å². The van der Waals surface area contributed by atoms with Gasteiger partial charge in [-0.1, -0.05) is 6.42 Å². The molecule has 14 heavy (non-hydrogen) atoms. The van der Waals surface area contributed by atoms with Crippen molar-refractivity contribution in [2.24, 2.45) is 11.7 Å². The van der Waals surface area contributed by atoms with Crippen molar-refractivity contribution in [1.29, 1.82) is 0 Å². The second kappa shape index (κ2) is 3.15. The molecule has 78 valence electrons. The largest absolute Gasteiger partial charge is 0.465 e. The van der Waals surface area contributed by atoms with Gasteiger partial charge in [0.05, 0.1) is 0 Å². The zero-order valence-electron chi connectivity index (χ0n) is 7.85. The molecule has 0 unspecified atom stereocenters. The van der Waals surface area contributed by atoms with Crippen LogP contribution in [0, 0.1) is 5.92 Å². The Morgan fingerprint density at radius 1 is 1.36 bits per heavy atom. The highest BCUT2D eigenvalue weighted by molar-refractivity contribution is 5.84. The summed E-state index contributed by atoms with van der Waals surface area (Å²) in [7, 11) is 0. The van der Waals surface area contributed by atoms with Crippen LogP contribution in [0.25, 0.3) is 0 Å². The van der Waals surface area contributed by atoms with Crippen molar-refractivity contribution in [3.63, 3.8) is 0 Å². The van der Waals surface area contributed by atoms with Crippen molar-refractivity contribution in [3.05, 3.63) is 0 Å². The summed E-state index contributed by atoms with van der Waals surface area (Å²) in [5, 5.41) is 9.00. The molecule has 1 saturated carbocycles. The molecule has 1 aliphatic carbocycles. The van der Waals surface area contributed by atoms with Crippen molar-refractivity contribution in [2.45, 2.75) is 37.8 Å². The van der Waals surface area contributed by atoms with Crippen LogP contribution in [0.15, 0.2) is 0 Å². The average molecular weight is 198 g/mol. The lowest BCUT2D eigenvalue weighted by Gasteiger charge is -2.24. The zero-order chi connectivity index (χ0) is 10.3. The number of carbonyl (C=O) groups is 2. The lowest BCUT2D eigenvalue weighted by molar-refractivity contribution is -0.122. The second-order valence-corrected chi connectivity index (χ2v) is 4.10. The van der Waals surface area contributed by atoms with E-state index in [-0.39, 0.29) is 6.04 Å². The number of hydrogen-bond acceptors (Lipinski definition) is 2. The normalized spacial score (nSPS) is 35.7. The molecule has 1 heterocycles. The van der Waals surface area contributed by atoms with Crippen molar-refractivity contribution in [3.8, 4) is 0 Å². The number of amides is 2. The number of carbonyl (C=O) groups excluding carboxylic acids is 1. The number of fused-ring (bicyclic) bond motifs is 1. The third-order valence-corrected chi connectivity index (χ3v) is 3.39. The lowest BCUT2D eigenvalue weighted by atomic mass is 10.0. The highest BCUT2D eigenvalue weighted by atomic mass is 16.4. The molecule has 5 nitrogen and oxygen atoms in total. The number of carboxylic acid groups (broad SMARTS) is 1. The molecule has 3 atom stereocenters. The van der Waals surface area contributed by atoms with E-state index in [9.17, 15) is 9.59 Å². The van der Waals surface area contributed by atoms with Crippen LogP contribution in [-0.4, -0.2) is 34.1 Å². The van der Waals surface area contributed by atoms with E-state index in [2.05, 4.69) is 0 Å². The van der Waals surface area contributed by atoms with E-state index in [0.717, 1.165) is 19.3 Å². The van der Waals surface area contributed by atoms with Crippen molar-refractivity contribution in [2.75, 3.05) is 0 Å². The first kappa shape index (κ1) is 9.30. The molecular weight excluding hydrogens is 184 g/mol. The Hall–Kier alpha value is -1.26. The first-order valence-corrected chi connectivity index (χ1v) is 4.92. The molecule has 2 fully saturated rings. The van der Waals surface area contributed by atoms with Gasteiger partial charge in [0.25, 0.3) is 0 Å². The quantitative estimate of drug-likeness (QED) is 0.639. The van der Waals surface area contributed by atoms with Crippen LogP contribution in [0.1, 0.15) is 25.7 Å². The van der Waals surface area contributed by atoms with Crippen LogP contribution in [0.4, 0.5) is 4.79 Å². The van der Waals surface area contributed by atoms with E-state index in [1.165, 1.54) is 4.90 Å². The van der Waals surface area contributed by atoms with Gasteiger partial charge in [-0.15, -0.1) is 0 Å². The molecule has 0 radical (unpaired) electrons. The van der Waals surface area contributed by atoms with Gasteiger partial charge in [0.2, 0.25) is 5.91 Å². The minimum atomic E-state index is -1.01. The van der Waals surface area contributed by atoms with Crippen LogP contribution in [-0.2, 0) is 4.79 Å². The predicted molar refractivity (Wildman–Crippen MR) is 48.6 cm³/mol. The summed E-state index contributed by atoms with van der Waals surface area (Å²) in [6.45, 7) is 0. The maximum Gasteiger partial charge on any atom is 0.408 e. The second-order valence-electron chi connectivity index (χ2n) is 4.10. The van der Waals surface area contributed by atoms with E-state index in [1.54, 1.807) is 0 Å². The van der Waals surface area contributed by atoms with Crippen molar-refractivity contribution < 1.29 is 14.7 Å². The van der Waals surface area contributed by atoms with Gasteiger partial charge in [-0.05, 0) is 25.2 Å². The monoisotopic (exact) mass is 198 g/mol. The van der Waals surface area contributed by atoms with Gasteiger partial charge >= 0.3 is 6.09 Å². The van der Waals surface area contributed by atoms with Gasteiger partial charge in [0, 0.05) is 6.04 Å². The van der Waals surface area contributed by atoms with Gasteiger partial charge < -0.3 is 10.8 Å². The van der Waals surface area contributed by atoms with Gasteiger partial charge in [-0.3, -0.25) is 9.69 Å². The van der Waals surface area contributed by atoms with Crippen LogP contribution in [0.2, 0.25) is 0 Å². The number of nitrogens with zero attached hydrogens (tertiary/aromatic N) is 1. The molecule has 5 heteroatoms. The Labute approximate surface area is 81.9 Å². The first-order chi connectivity index (χ1) is 6.61. The molecule has 2 aliphatic rings. The minimum Gasteiger partial charge on any atom is -0.465 e. The summed E-state index contributed by atoms with van der Waals surface area (Å²) < 4.78 is 0. The lowest BCUT2D eigenvalue weighted by Crippen LogP contribution is -2.46. The Kier molecular flexibility index (Phi) is 2.09. The van der Waals surface area contributed by atoms with Crippen LogP contribution in [0.3, 0.4) is 0 Å². The Bertz CT molecular complexity index is 279. The van der Waals surface area contributed by atoms with E-state index < -0.39 is 18.0 Å². The molecular formula is C9H14N2O3. The van der Waals surface area contributed by atoms with Gasteiger partial charge in [-0.2, -0.15) is 0 Å². The Balaban J connectivity index is 2.21. The maximum atomic E-state index is 11.1. The molecule has 0 spiro atoms. The molecule has 3 N–H and O–H groups in total. The summed E-state index contributed by atoms with van der Waals surface area (Å²) in [4.78, 5) is 23.3. The number of likely N-dealkylation sites (tertiary alicyclic amines) is 1. The highest BCUT2D eigenvalue weighted by Gasteiger charge is 2.48. The van der Waals surface area contributed by atoms with E-state index in [1.807, 2.05) is 0 Å². The van der Waals surface area contributed by atoms with E-state index >= 15 is 0 Å². The van der Waals surface area contributed by atoms with E-state index in [0.29, 0.717) is 12.3 Å². The molecule has 1 saturated heterocycles. The molecule has 0 aromatic heterocycles. The van der Waals surface area contributed by atoms with Crippen LogP contribution < -0.4 is 5.73 Å². The number of rotatable bonds is 1. The fourth-order valence-corrected chi connectivity index (χ4v) is 2.82. The summed E-state index contributed by atoms with van der Waals surface area (Å²) in [5.74, 6) is -0.162. The fraction of sp³-hybridized carbons (Fsp3) is 0.778. The maximum absolute atomic E-state index is 11.1. The average Bonchev–Trinajstić information content (AvgIpc) is 2.58. The third-order valence-electron chi connectivity index (χ3n) is 3.39. The molecule has 0 aromatic rings. The van der Waals surface area contributed by atoms with E-state index in [4.69, 9.17) is 10.8 Å². The number of hydrogen-bond donors (Lipinski definition) is 2. The molecule has 0 bridgehead atoms. The third kappa shape index (κ3) is 1.23. The molecule has 2 rings (SSSR count). The van der Waals surface area contributed by atoms with Gasteiger partial charge in [-0.25, -0.2) is 4.79 Å². The number of primary amides is 1. The smallest absolute Gasteiger partial charge is 0.408 e. The number of nitrogens with two attached hydrogens (primary N) is 1. The Morgan fingerprint density at radius 2 is 2.07 bits per heavy atom. The first-order valence-electron chi connectivity index (χ1n) is 4.92. The Morgan fingerprint density at radius 3 is 2.64 bits per heavy atom. The molecule has 2 amide bonds. The summed E-state index contributed by atoms with van der Waals surface area (Å²) in [6.07, 6.45) is 2.57. The fourth-order valence-electron chi connectivity index (χ4n) is 2.82. The topological polar surface area (TPSA) is 83.6 Å². The SMILES string of the molecule is NC(=O)[C@@H]1C[C@@H]2CCC[C@@H]2N1C(=O)O. The standard InChI is InChI=1S/C9H14N2O3/c10-8(12)7-4-5-2-1-3-6(5)11(7)9(13)14/h5-7H,1-4H2,(H2,10,12)(H,13,14)/t5-,6-,7-/m0/s1. The predicted octanol–water partition coefficient (Wildman–Crippen LogP) is 0.393.